The minimum Gasteiger partial charge on any atom is -0.326 e. The molecule has 170 valence electrons. The zero-order chi connectivity index (χ0) is 23.4. The highest BCUT2D eigenvalue weighted by Gasteiger charge is 2.22. The maximum absolute atomic E-state index is 12.6. The summed E-state index contributed by atoms with van der Waals surface area (Å²) in [7, 11) is 0. The Hall–Kier alpha value is -2.43. The molecule has 0 fully saturated rings. The second kappa shape index (κ2) is 10.5. The van der Waals surface area contributed by atoms with Crippen LogP contribution in [0.3, 0.4) is 0 Å². The number of thioether (sulfide) groups is 1. The van der Waals surface area contributed by atoms with Crippen molar-refractivity contribution in [3.63, 3.8) is 0 Å². The number of benzene rings is 1. The highest BCUT2D eigenvalue weighted by atomic mass is 35.5. The van der Waals surface area contributed by atoms with Crippen molar-refractivity contribution >= 4 is 57.3 Å². The van der Waals surface area contributed by atoms with E-state index in [0.29, 0.717) is 33.4 Å². The summed E-state index contributed by atoms with van der Waals surface area (Å²) in [6, 6.07) is 5.37. The van der Waals surface area contributed by atoms with Gasteiger partial charge in [0.05, 0.1) is 17.4 Å². The Bertz CT molecular complexity index is 1120. The molecule has 2 amide bonds. The molecule has 0 aliphatic heterocycles. The first-order valence-corrected chi connectivity index (χ1v) is 12.1. The highest BCUT2D eigenvalue weighted by molar-refractivity contribution is 8.00. The lowest BCUT2D eigenvalue weighted by atomic mass is 10.2. The molecule has 1 atom stereocenters. The number of amides is 2. The van der Waals surface area contributed by atoms with Gasteiger partial charge in [0.1, 0.15) is 5.82 Å². The number of halogens is 1. The van der Waals surface area contributed by atoms with Crippen molar-refractivity contribution in [3.8, 4) is 0 Å². The van der Waals surface area contributed by atoms with E-state index < -0.39 is 5.25 Å². The summed E-state index contributed by atoms with van der Waals surface area (Å²) in [6.45, 7) is 10.1. The highest BCUT2D eigenvalue weighted by Crippen LogP contribution is 2.26. The quantitative estimate of drug-likeness (QED) is 0.444. The second-order valence-electron chi connectivity index (χ2n) is 7.24. The molecule has 0 saturated heterocycles. The van der Waals surface area contributed by atoms with E-state index in [1.54, 1.807) is 19.1 Å². The Morgan fingerprint density at radius 3 is 2.59 bits per heavy atom. The maximum Gasteiger partial charge on any atom is 0.239 e. The van der Waals surface area contributed by atoms with Gasteiger partial charge in [0.15, 0.2) is 10.3 Å². The van der Waals surface area contributed by atoms with Crippen LogP contribution in [-0.2, 0) is 22.6 Å². The van der Waals surface area contributed by atoms with E-state index in [4.69, 9.17) is 11.6 Å². The molecule has 0 bridgehead atoms. The number of nitrogens with one attached hydrogen (secondary N) is 2. The van der Waals surface area contributed by atoms with Gasteiger partial charge in [-0.1, -0.05) is 29.4 Å². The summed E-state index contributed by atoms with van der Waals surface area (Å²) < 4.78 is 1.84. The Labute approximate surface area is 200 Å². The molecule has 2 aromatic heterocycles. The lowest BCUT2D eigenvalue weighted by Gasteiger charge is -2.12. The normalized spacial score (nSPS) is 11.9. The van der Waals surface area contributed by atoms with E-state index in [1.165, 1.54) is 23.1 Å². The number of nitrogens with zero attached hydrogens (tertiary/aromatic N) is 4. The predicted molar refractivity (Wildman–Crippen MR) is 130 cm³/mol. The third kappa shape index (κ3) is 5.87. The van der Waals surface area contributed by atoms with E-state index in [1.807, 2.05) is 38.3 Å². The fourth-order valence-corrected chi connectivity index (χ4v) is 4.75. The van der Waals surface area contributed by atoms with Gasteiger partial charge in [-0.3, -0.25) is 9.59 Å². The fraction of sp³-hybridized carbons (Fsp3) is 0.381. The predicted octanol–water partition coefficient (Wildman–Crippen LogP) is 4.63. The molecule has 32 heavy (non-hydrogen) atoms. The molecule has 11 heteroatoms. The van der Waals surface area contributed by atoms with Gasteiger partial charge in [0, 0.05) is 22.1 Å². The van der Waals surface area contributed by atoms with Crippen LogP contribution in [0.15, 0.2) is 23.4 Å². The molecule has 8 nitrogen and oxygen atoms in total. The first-order chi connectivity index (χ1) is 15.2. The number of rotatable bonds is 8. The van der Waals surface area contributed by atoms with Crippen LogP contribution < -0.4 is 10.6 Å². The summed E-state index contributed by atoms with van der Waals surface area (Å²) in [5, 5.41) is 15.4. The molecule has 0 radical (unpaired) electrons. The molecule has 1 aromatic carbocycles. The number of hydrogen-bond acceptors (Lipinski definition) is 7. The Morgan fingerprint density at radius 1 is 1.22 bits per heavy atom. The van der Waals surface area contributed by atoms with Gasteiger partial charge >= 0.3 is 0 Å². The topological polar surface area (TPSA) is 102 Å². The molecule has 2 N–H and O–H groups in total. The lowest BCUT2D eigenvalue weighted by molar-refractivity contribution is -0.116. The Kier molecular flexibility index (Phi) is 7.91. The average molecular weight is 493 g/mol. The van der Waals surface area contributed by atoms with Crippen molar-refractivity contribution in [1.29, 1.82) is 0 Å². The van der Waals surface area contributed by atoms with E-state index in [9.17, 15) is 9.59 Å². The van der Waals surface area contributed by atoms with Gasteiger partial charge in [-0.25, -0.2) is 4.98 Å². The SMILES string of the molecule is CCn1c(CC(=O)Nc2ccc(C)c(Cl)c2)nnc1S[C@H](C)C(=O)Nc1nc(C)c(C)s1. The molecule has 0 unspecified atom stereocenters. The van der Waals surface area contributed by atoms with Gasteiger partial charge in [0.25, 0.3) is 0 Å². The minimum atomic E-state index is -0.412. The molecule has 0 aliphatic carbocycles. The Balaban J connectivity index is 1.63. The smallest absolute Gasteiger partial charge is 0.239 e. The summed E-state index contributed by atoms with van der Waals surface area (Å²) in [5.41, 5.74) is 2.48. The van der Waals surface area contributed by atoms with Crippen LogP contribution >= 0.6 is 34.7 Å². The number of carbonyl (C=O) groups is 2. The summed E-state index contributed by atoms with van der Waals surface area (Å²) in [6.07, 6.45) is 0.0607. The van der Waals surface area contributed by atoms with Crippen LogP contribution in [0.2, 0.25) is 5.02 Å². The standard InChI is InChI=1S/C21H25ClN6O2S2/c1-6-28-17(10-18(29)24-15-8-7-11(2)16(22)9-15)26-27-21(28)32-14(5)19(30)25-20-23-12(3)13(4)31-20/h7-9,14H,6,10H2,1-5H3,(H,24,29)(H,23,25,30)/t14-/m1/s1. The number of hydrogen-bond donors (Lipinski definition) is 2. The fourth-order valence-electron chi connectivity index (χ4n) is 2.82. The van der Waals surface area contributed by atoms with Crippen molar-refractivity contribution in [2.45, 2.75) is 58.0 Å². The van der Waals surface area contributed by atoms with Crippen molar-refractivity contribution in [2.75, 3.05) is 10.6 Å². The van der Waals surface area contributed by atoms with Gasteiger partial charge < -0.3 is 15.2 Å². The number of aryl methyl sites for hydroxylation is 3. The van der Waals surface area contributed by atoms with Gasteiger partial charge in [-0.15, -0.1) is 21.5 Å². The van der Waals surface area contributed by atoms with Crippen LogP contribution in [0.25, 0.3) is 0 Å². The molecular weight excluding hydrogens is 468 g/mol. The molecule has 3 rings (SSSR count). The van der Waals surface area contributed by atoms with Crippen LogP contribution in [0, 0.1) is 20.8 Å². The molecule has 0 spiro atoms. The van der Waals surface area contributed by atoms with Crippen molar-refractivity contribution in [3.05, 3.63) is 45.2 Å². The summed E-state index contributed by atoms with van der Waals surface area (Å²) >= 11 is 8.87. The molecule has 0 aliphatic rings. The van der Waals surface area contributed by atoms with Gasteiger partial charge in [-0.2, -0.15) is 0 Å². The van der Waals surface area contributed by atoms with Gasteiger partial charge in [-0.05, 0) is 52.3 Å². The first kappa shape index (κ1) is 24.2. The number of carbonyl (C=O) groups excluding carboxylic acids is 2. The maximum atomic E-state index is 12.6. The third-order valence-corrected chi connectivity index (χ3v) is 7.27. The second-order valence-corrected chi connectivity index (χ2v) is 10.2. The number of aromatic nitrogens is 4. The van der Waals surface area contributed by atoms with Crippen LogP contribution in [0.5, 0.6) is 0 Å². The monoisotopic (exact) mass is 492 g/mol. The van der Waals surface area contributed by atoms with E-state index >= 15 is 0 Å². The van der Waals surface area contributed by atoms with E-state index in [-0.39, 0.29) is 18.2 Å². The van der Waals surface area contributed by atoms with Crippen molar-refractivity contribution in [2.24, 2.45) is 0 Å². The average Bonchev–Trinajstić information content (AvgIpc) is 3.26. The Morgan fingerprint density at radius 2 is 1.97 bits per heavy atom. The number of thiazole rings is 1. The molecular formula is C21H25ClN6O2S2. The zero-order valence-electron chi connectivity index (χ0n) is 18.5. The molecule has 3 aromatic rings. The summed E-state index contributed by atoms with van der Waals surface area (Å²) in [5.74, 6) is 0.151. The van der Waals surface area contributed by atoms with E-state index in [0.717, 1.165) is 16.1 Å². The number of anilines is 2. The minimum absolute atomic E-state index is 0.0607. The van der Waals surface area contributed by atoms with E-state index in [2.05, 4.69) is 25.8 Å². The third-order valence-electron chi connectivity index (χ3n) is 4.79. The summed E-state index contributed by atoms with van der Waals surface area (Å²) in [4.78, 5) is 30.5. The zero-order valence-corrected chi connectivity index (χ0v) is 20.9. The molecule has 0 saturated carbocycles. The largest absolute Gasteiger partial charge is 0.326 e. The molecule has 2 heterocycles. The van der Waals surface area contributed by atoms with Crippen LogP contribution in [0.1, 0.15) is 35.8 Å². The van der Waals surface area contributed by atoms with Crippen LogP contribution in [0.4, 0.5) is 10.8 Å². The van der Waals surface area contributed by atoms with Gasteiger partial charge in [0.2, 0.25) is 11.8 Å². The first-order valence-electron chi connectivity index (χ1n) is 10.1. The lowest BCUT2D eigenvalue weighted by Crippen LogP contribution is -2.23. The van der Waals surface area contributed by atoms with Crippen molar-refractivity contribution < 1.29 is 9.59 Å². The van der Waals surface area contributed by atoms with Crippen molar-refractivity contribution in [1.82, 2.24) is 19.7 Å². The van der Waals surface area contributed by atoms with Crippen LogP contribution in [-0.4, -0.2) is 36.8 Å².